The number of carbonyl (C=O) groups excluding carboxylic acids is 3. The minimum atomic E-state index is -0.931. The molecule has 0 aliphatic rings. The molecule has 0 fully saturated rings. The predicted molar refractivity (Wildman–Crippen MR) is 117 cm³/mol. The molecule has 0 unspecified atom stereocenters. The molecular formula is C23H21N3O6. The standard InChI is InChI=1S/C23H21N3O6/c1-3-30-19-8-5-4-7-18(19)24-21(27)22(28)26-25-15(2)16-10-12-17(13-11-16)32-23(29)20-9-6-14-31-20/h4-14H,3H2,1-2H3,(H,24,27)(H,26,28)/b25-15+. The van der Waals surface area contributed by atoms with Gasteiger partial charge in [-0.25, -0.2) is 10.2 Å². The van der Waals surface area contributed by atoms with Gasteiger partial charge in [0.25, 0.3) is 0 Å². The van der Waals surface area contributed by atoms with E-state index in [2.05, 4.69) is 15.8 Å². The van der Waals surface area contributed by atoms with E-state index in [4.69, 9.17) is 13.9 Å². The lowest BCUT2D eigenvalue weighted by molar-refractivity contribution is -0.136. The maximum absolute atomic E-state index is 12.2. The molecule has 2 aromatic carbocycles. The van der Waals surface area contributed by atoms with Crippen molar-refractivity contribution in [3.63, 3.8) is 0 Å². The average Bonchev–Trinajstić information content (AvgIpc) is 3.34. The van der Waals surface area contributed by atoms with Gasteiger partial charge in [0.2, 0.25) is 5.76 Å². The van der Waals surface area contributed by atoms with E-state index in [0.29, 0.717) is 35.1 Å². The first-order valence-corrected chi connectivity index (χ1v) is 9.71. The molecule has 0 bridgehead atoms. The highest BCUT2D eigenvalue weighted by Crippen LogP contribution is 2.23. The molecule has 0 spiro atoms. The molecule has 164 valence electrons. The molecular weight excluding hydrogens is 414 g/mol. The van der Waals surface area contributed by atoms with Crippen molar-refractivity contribution in [3.05, 3.63) is 78.3 Å². The number of hydrogen-bond acceptors (Lipinski definition) is 7. The molecule has 9 heteroatoms. The number of carbonyl (C=O) groups is 3. The van der Waals surface area contributed by atoms with Crippen LogP contribution < -0.4 is 20.2 Å². The van der Waals surface area contributed by atoms with E-state index in [1.165, 1.54) is 12.3 Å². The number of hydrogen-bond donors (Lipinski definition) is 2. The smallest absolute Gasteiger partial charge is 0.379 e. The van der Waals surface area contributed by atoms with Gasteiger partial charge in [0.05, 0.1) is 24.3 Å². The molecule has 0 aliphatic carbocycles. The first-order chi connectivity index (χ1) is 15.5. The third kappa shape index (κ3) is 5.82. The second kappa shape index (κ2) is 10.6. The van der Waals surface area contributed by atoms with Gasteiger partial charge in [0, 0.05) is 0 Å². The lowest BCUT2D eigenvalue weighted by Crippen LogP contribution is -2.33. The first kappa shape index (κ1) is 22.3. The van der Waals surface area contributed by atoms with Crippen molar-refractivity contribution in [1.82, 2.24) is 5.43 Å². The van der Waals surface area contributed by atoms with Crippen LogP contribution in [0.4, 0.5) is 5.69 Å². The van der Waals surface area contributed by atoms with Crippen LogP contribution in [0.15, 0.2) is 76.4 Å². The van der Waals surface area contributed by atoms with Gasteiger partial charge >= 0.3 is 17.8 Å². The zero-order valence-corrected chi connectivity index (χ0v) is 17.5. The number of para-hydroxylation sites is 2. The zero-order valence-electron chi connectivity index (χ0n) is 17.5. The zero-order chi connectivity index (χ0) is 22.9. The molecule has 0 atom stereocenters. The number of rotatable bonds is 7. The van der Waals surface area contributed by atoms with Crippen LogP contribution in [0.2, 0.25) is 0 Å². The number of esters is 1. The highest BCUT2D eigenvalue weighted by atomic mass is 16.5. The van der Waals surface area contributed by atoms with Crippen LogP contribution in [-0.4, -0.2) is 30.1 Å². The van der Waals surface area contributed by atoms with E-state index >= 15 is 0 Å². The number of anilines is 1. The number of amides is 2. The monoisotopic (exact) mass is 435 g/mol. The third-order valence-electron chi connectivity index (χ3n) is 4.17. The normalized spacial score (nSPS) is 10.9. The Labute approximate surface area is 184 Å². The molecule has 2 amide bonds. The lowest BCUT2D eigenvalue weighted by Gasteiger charge is -2.10. The maximum atomic E-state index is 12.2. The fourth-order valence-electron chi connectivity index (χ4n) is 2.60. The van der Waals surface area contributed by atoms with E-state index in [0.717, 1.165) is 0 Å². The average molecular weight is 435 g/mol. The maximum Gasteiger partial charge on any atom is 0.379 e. The number of nitrogens with zero attached hydrogens (tertiary/aromatic N) is 1. The summed E-state index contributed by atoms with van der Waals surface area (Å²) in [6.45, 7) is 3.90. The summed E-state index contributed by atoms with van der Waals surface area (Å²) in [6.07, 6.45) is 1.38. The van der Waals surface area contributed by atoms with Gasteiger partial charge in [-0.3, -0.25) is 9.59 Å². The topological polar surface area (TPSA) is 119 Å². The van der Waals surface area contributed by atoms with Gasteiger partial charge < -0.3 is 19.2 Å². The minimum Gasteiger partial charge on any atom is -0.492 e. The molecule has 0 radical (unpaired) electrons. The molecule has 3 aromatic rings. The fraction of sp³-hybridized carbons (Fsp3) is 0.130. The summed E-state index contributed by atoms with van der Waals surface area (Å²) in [5.74, 6) is -1.55. The van der Waals surface area contributed by atoms with Gasteiger partial charge in [-0.2, -0.15) is 5.10 Å². The predicted octanol–water partition coefficient (Wildman–Crippen LogP) is 3.38. The summed E-state index contributed by atoms with van der Waals surface area (Å²) in [6, 6.07) is 16.4. The van der Waals surface area contributed by atoms with Crippen molar-refractivity contribution in [3.8, 4) is 11.5 Å². The highest BCUT2D eigenvalue weighted by molar-refractivity contribution is 6.39. The van der Waals surface area contributed by atoms with Gasteiger partial charge in [-0.1, -0.05) is 12.1 Å². The molecule has 9 nitrogen and oxygen atoms in total. The summed E-state index contributed by atoms with van der Waals surface area (Å²) in [5, 5.41) is 6.44. The van der Waals surface area contributed by atoms with Crippen molar-refractivity contribution >= 4 is 29.2 Å². The fourth-order valence-corrected chi connectivity index (χ4v) is 2.60. The van der Waals surface area contributed by atoms with Gasteiger partial charge in [0.15, 0.2) is 0 Å². The number of furan rings is 1. The van der Waals surface area contributed by atoms with Crippen LogP contribution in [-0.2, 0) is 9.59 Å². The molecule has 0 saturated carbocycles. The van der Waals surface area contributed by atoms with E-state index in [1.54, 1.807) is 61.5 Å². The molecule has 0 aliphatic heterocycles. The van der Waals surface area contributed by atoms with Crippen LogP contribution in [0, 0.1) is 0 Å². The minimum absolute atomic E-state index is 0.0942. The van der Waals surface area contributed by atoms with Crippen LogP contribution in [0.25, 0.3) is 0 Å². The Morgan fingerprint density at radius 1 is 0.969 bits per heavy atom. The summed E-state index contributed by atoms with van der Waals surface area (Å²) in [4.78, 5) is 36.2. The summed E-state index contributed by atoms with van der Waals surface area (Å²) >= 11 is 0. The molecule has 32 heavy (non-hydrogen) atoms. The Morgan fingerprint density at radius 2 is 1.72 bits per heavy atom. The van der Waals surface area contributed by atoms with Crippen molar-refractivity contribution < 1.29 is 28.3 Å². The molecule has 2 N–H and O–H groups in total. The first-order valence-electron chi connectivity index (χ1n) is 9.71. The molecule has 1 heterocycles. The van der Waals surface area contributed by atoms with Crippen molar-refractivity contribution in [2.45, 2.75) is 13.8 Å². The Kier molecular flexibility index (Phi) is 7.37. The van der Waals surface area contributed by atoms with E-state index in [9.17, 15) is 14.4 Å². The van der Waals surface area contributed by atoms with E-state index in [-0.39, 0.29) is 5.76 Å². The Hall–Kier alpha value is -4.40. The molecule has 1 aromatic heterocycles. The van der Waals surface area contributed by atoms with Crippen molar-refractivity contribution in [2.75, 3.05) is 11.9 Å². The molecule has 0 saturated heterocycles. The molecule has 3 rings (SSSR count). The number of nitrogens with one attached hydrogen (secondary N) is 2. The van der Waals surface area contributed by atoms with Crippen LogP contribution in [0.3, 0.4) is 0 Å². The lowest BCUT2D eigenvalue weighted by atomic mass is 10.1. The second-order valence-corrected chi connectivity index (χ2v) is 6.41. The quantitative estimate of drug-likeness (QED) is 0.193. The van der Waals surface area contributed by atoms with Crippen molar-refractivity contribution in [1.29, 1.82) is 0 Å². The van der Waals surface area contributed by atoms with Gasteiger partial charge in [-0.05, 0) is 67.9 Å². The summed E-state index contributed by atoms with van der Waals surface area (Å²) in [7, 11) is 0. The van der Waals surface area contributed by atoms with Gasteiger partial charge in [0.1, 0.15) is 11.5 Å². The second-order valence-electron chi connectivity index (χ2n) is 6.41. The Morgan fingerprint density at radius 3 is 2.41 bits per heavy atom. The largest absolute Gasteiger partial charge is 0.492 e. The SMILES string of the molecule is CCOc1ccccc1NC(=O)C(=O)N/N=C(\C)c1ccc(OC(=O)c2ccco2)cc1. The van der Waals surface area contributed by atoms with Crippen molar-refractivity contribution in [2.24, 2.45) is 5.10 Å². The number of ether oxygens (including phenoxy) is 2. The Balaban J connectivity index is 1.57. The Bertz CT molecular complexity index is 1120. The van der Waals surface area contributed by atoms with Crippen LogP contribution >= 0.6 is 0 Å². The summed E-state index contributed by atoms with van der Waals surface area (Å²) in [5.41, 5.74) is 3.71. The van der Waals surface area contributed by atoms with Crippen LogP contribution in [0.5, 0.6) is 11.5 Å². The van der Waals surface area contributed by atoms with Gasteiger partial charge in [-0.15, -0.1) is 0 Å². The van der Waals surface area contributed by atoms with E-state index in [1.807, 2.05) is 6.92 Å². The summed E-state index contributed by atoms with van der Waals surface area (Å²) < 4.78 is 15.6. The number of hydrazone groups is 1. The highest BCUT2D eigenvalue weighted by Gasteiger charge is 2.16. The van der Waals surface area contributed by atoms with Crippen LogP contribution in [0.1, 0.15) is 30.0 Å². The third-order valence-corrected chi connectivity index (χ3v) is 4.17. The van der Waals surface area contributed by atoms with E-state index < -0.39 is 17.8 Å². The number of benzene rings is 2.